The highest BCUT2D eigenvalue weighted by molar-refractivity contribution is 7.25. The van der Waals surface area contributed by atoms with Gasteiger partial charge in [-0.05, 0) is 105 Å². The maximum atomic E-state index is 5.22. The number of hydrogen-bond donors (Lipinski definition) is 0. The van der Waals surface area contributed by atoms with Gasteiger partial charge < -0.3 is 0 Å². The fourth-order valence-corrected chi connectivity index (χ4v) is 9.96. The van der Waals surface area contributed by atoms with E-state index in [1.54, 1.807) is 0 Å². The first-order valence-corrected chi connectivity index (χ1v) is 19.6. The topological polar surface area (TPSA) is 38.7 Å². The van der Waals surface area contributed by atoms with Crippen LogP contribution in [0.2, 0.25) is 0 Å². The van der Waals surface area contributed by atoms with E-state index in [0.29, 0.717) is 17.5 Å². The van der Waals surface area contributed by atoms with Crippen molar-refractivity contribution in [2.75, 3.05) is 0 Å². The van der Waals surface area contributed by atoms with Gasteiger partial charge in [0.1, 0.15) is 0 Å². The zero-order valence-electron chi connectivity index (χ0n) is 30.1. The number of nitrogens with zero attached hydrogens (tertiary/aromatic N) is 3. The minimum absolute atomic E-state index is 0.254. The first-order valence-electron chi connectivity index (χ1n) is 18.7. The largest absolute Gasteiger partial charge is 0.208 e. The molecule has 0 fully saturated rings. The lowest BCUT2D eigenvalue weighted by Crippen LogP contribution is -2.16. The molecule has 0 unspecified atom stereocenters. The molecule has 0 atom stereocenters. The lowest BCUT2D eigenvalue weighted by atomic mass is 9.79. The van der Waals surface area contributed by atoms with Crippen LogP contribution < -0.4 is 0 Å². The molecule has 7 aromatic carbocycles. The number of hydrogen-bond acceptors (Lipinski definition) is 4. The molecule has 3 nitrogen and oxygen atoms in total. The summed E-state index contributed by atoms with van der Waals surface area (Å²) in [6.45, 7) is 4.76. The molecular weight excluding hydrogens is 675 g/mol. The molecule has 256 valence electrons. The number of allylic oxidation sites excluding steroid dienone is 1. The van der Waals surface area contributed by atoms with E-state index in [-0.39, 0.29) is 5.41 Å². The predicted octanol–water partition coefficient (Wildman–Crippen LogP) is 13.3. The van der Waals surface area contributed by atoms with Crippen molar-refractivity contribution in [1.29, 1.82) is 0 Å². The minimum Gasteiger partial charge on any atom is -0.208 e. The lowest BCUT2D eigenvalue weighted by Gasteiger charge is -2.24. The molecule has 0 aliphatic heterocycles. The number of rotatable bonds is 4. The van der Waals surface area contributed by atoms with Crippen LogP contribution >= 0.6 is 11.3 Å². The van der Waals surface area contributed by atoms with Gasteiger partial charge in [0.25, 0.3) is 0 Å². The van der Waals surface area contributed by atoms with Crippen molar-refractivity contribution in [3.8, 4) is 56.4 Å². The number of aromatic nitrogens is 3. The highest BCUT2D eigenvalue weighted by Crippen LogP contribution is 2.55. The molecule has 2 aromatic heterocycles. The Kier molecular flexibility index (Phi) is 6.90. The molecule has 0 radical (unpaired) electrons. The second kappa shape index (κ2) is 11.9. The molecule has 9 aromatic rings. The number of benzene rings is 7. The Morgan fingerprint density at radius 1 is 0.537 bits per heavy atom. The second-order valence-electron chi connectivity index (χ2n) is 15.1. The zero-order valence-corrected chi connectivity index (χ0v) is 30.9. The molecule has 0 spiro atoms. The molecular formula is C50H35N3S. The third kappa shape index (κ3) is 4.83. The van der Waals surface area contributed by atoms with Gasteiger partial charge in [0.15, 0.2) is 17.5 Å². The molecule has 0 N–H and O–H groups in total. The Hall–Kier alpha value is -6.23. The fourth-order valence-electron chi connectivity index (χ4n) is 8.87. The van der Waals surface area contributed by atoms with E-state index >= 15 is 0 Å². The molecule has 0 saturated heterocycles. The Morgan fingerprint density at radius 2 is 1.22 bits per heavy atom. The van der Waals surface area contributed by atoms with Crippen LogP contribution in [-0.4, -0.2) is 15.0 Å². The Morgan fingerprint density at radius 3 is 2.07 bits per heavy atom. The normalized spacial score (nSPS) is 14.0. The number of aryl methyl sites for hydroxylation is 1. The highest BCUT2D eigenvalue weighted by atomic mass is 32.1. The van der Waals surface area contributed by atoms with Crippen molar-refractivity contribution in [3.05, 3.63) is 168 Å². The van der Waals surface area contributed by atoms with Gasteiger partial charge in [-0.3, -0.25) is 0 Å². The van der Waals surface area contributed by atoms with Crippen LogP contribution in [0, 0.1) is 0 Å². The van der Waals surface area contributed by atoms with Gasteiger partial charge in [-0.1, -0.05) is 129 Å². The molecule has 2 heterocycles. The van der Waals surface area contributed by atoms with Crippen LogP contribution in [0.25, 0.3) is 93.4 Å². The summed E-state index contributed by atoms with van der Waals surface area (Å²) in [4.78, 5) is 15.5. The first kappa shape index (κ1) is 31.3. The molecule has 0 amide bonds. The van der Waals surface area contributed by atoms with E-state index < -0.39 is 0 Å². The van der Waals surface area contributed by atoms with Gasteiger partial charge in [0.2, 0.25) is 0 Å². The fraction of sp³-hybridized carbons (Fsp3) is 0.100. The van der Waals surface area contributed by atoms with E-state index in [2.05, 4.69) is 147 Å². The summed E-state index contributed by atoms with van der Waals surface area (Å²) in [5, 5.41) is 5.07. The van der Waals surface area contributed by atoms with Crippen molar-refractivity contribution in [1.82, 2.24) is 15.0 Å². The highest BCUT2D eigenvalue weighted by Gasteiger charge is 2.39. The van der Waals surface area contributed by atoms with Crippen molar-refractivity contribution >= 4 is 48.4 Å². The van der Waals surface area contributed by atoms with Crippen molar-refractivity contribution in [2.45, 2.75) is 32.1 Å². The number of thiophene rings is 1. The summed E-state index contributed by atoms with van der Waals surface area (Å²) in [5.41, 5.74) is 13.3. The number of fused-ring (bicyclic) bond motifs is 9. The molecule has 0 saturated carbocycles. The quantitative estimate of drug-likeness (QED) is 0.183. The monoisotopic (exact) mass is 709 g/mol. The standard InChI is InChI=1S/C50H35N3S/c1-50(2)42-29-36(22-24-39(42)45-40(27-33-16-8-9-17-37(33)46(45)50)34-21-20-30-12-6-7-15-32(30)26-34)49-52-47(31-13-4-3-5-14-31)51-48(53-49)35-23-25-44-41(28-35)38-18-10-11-19-43(38)54-44/h3-6,8-14,16-29H,7,15H2,1-2H3. The third-order valence-corrected chi connectivity index (χ3v) is 12.7. The van der Waals surface area contributed by atoms with E-state index in [1.165, 1.54) is 75.5 Å². The van der Waals surface area contributed by atoms with E-state index in [1.807, 2.05) is 29.5 Å². The summed E-state index contributed by atoms with van der Waals surface area (Å²) < 4.78 is 2.55. The van der Waals surface area contributed by atoms with Crippen LogP contribution in [0.4, 0.5) is 0 Å². The van der Waals surface area contributed by atoms with Crippen molar-refractivity contribution in [3.63, 3.8) is 0 Å². The van der Waals surface area contributed by atoms with Gasteiger partial charge in [-0.2, -0.15) is 0 Å². The van der Waals surface area contributed by atoms with Crippen LogP contribution in [0.3, 0.4) is 0 Å². The molecule has 2 aliphatic carbocycles. The third-order valence-electron chi connectivity index (χ3n) is 11.5. The average Bonchev–Trinajstić information content (AvgIpc) is 3.72. The Balaban J connectivity index is 1.10. The molecule has 11 rings (SSSR count). The zero-order chi connectivity index (χ0) is 36.0. The Labute approximate surface area is 318 Å². The molecule has 4 heteroatoms. The average molecular weight is 710 g/mol. The van der Waals surface area contributed by atoms with E-state index in [4.69, 9.17) is 15.0 Å². The van der Waals surface area contributed by atoms with Gasteiger partial charge in [-0.25, -0.2) is 15.0 Å². The van der Waals surface area contributed by atoms with Crippen LogP contribution in [-0.2, 0) is 11.8 Å². The van der Waals surface area contributed by atoms with E-state index in [9.17, 15) is 0 Å². The van der Waals surface area contributed by atoms with Crippen LogP contribution in [0.15, 0.2) is 146 Å². The molecule has 0 bridgehead atoms. The smallest absolute Gasteiger partial charge is 0.164 e. The summed E-state index contributed by atoms with van der Waals surface area (Å²) in [6, 6.07) is 50.7. The first-order chi connectivity index (χ1) is 26.5. The van der Waals surface area contributed by atoms with E-state index in [0.717, 1.165) is 29.5 Å². The van der Waals surface area contributed by atoms with Crippen LogP contribution in [0.1, 0.15) is 42.5 Å². The predicted molar refractivity (Wildman–Crippen MR) is 227 cm³/mol. The maximum Gasteiger partial charge on any atom is 0.164 e. The van der Waals surface area contributed by atoms with Crippen molar-refractivity contribution < 1.29 is 0 Å². The van der Waals surface area contributed by atoms with Gasteiger partial charge >= 0.3 is 0 Å². The molecule has 54 heavy (non-hydrogen) atoms. The molecule has 2 aliphatic rings. The summed E-state index contributed by atoms with van der Waals surface area (Å²) in [5.74, 6) is 2.02. The summed E-state index contributed by atoms with van der Waals surface area (Å²) in [7, 11) is 0. The summed E-state index contributed by atoms with van der Waals surface area (Å²) in [6.07, 6.45) is 6.73. The maximum absolute atomic E-state index is 5.22. The van der Waals surface area contributed by atoms with Gasteiger partial charge in [0.05, 0.1) is 0 Å². The Bertz CT molecular complexity index is 3020. The lowest BCUT2D eigenvalue weighted by molar-refractivity contribution is 0.666. The summed E-state index contributed by atoms with van der Waals surface area (Å²) >= 11 is 1.82. The van der Waals surface area contributed by atoms with Crippen molar-refractivity contribution in [2.24, 2.45) is 0 Å². The van der Waals surface area contributed by atoms with Gasteiger partial charge in [-0.15, -0.1) is 11.3 Å². The second-order valence-corrected chi connectivity index (χ2v) is 16.2. The SMILES string of the molecule is CC1(C)c2cc(-c3nc(-c4ccccc4)nc(-c4ccc5sc6ccccc6c5c4)n3)ccc2-c2c(-c3ccc4c(c3)CCC=C4)cc3ccccc3c21. The van der Waals surface area contributed by atoms with Crippen LogP contribution in [0.5, 0.6) is 0 Å². The minimum atomic E-state index is -0.254. The van der Waals surface area contributed by atoms with Gasteiger partial charge in [0, 0.05) is 42.3 Å².